The fourth-order valence-corrected chi connectivity index (χ4v) is 3.92. The van der Waals surface area contributed by atoms with E-state index >= 15 is 0 Å². The lowest BCUT2D eigenvalue weighted by Gasteiger charge is -2.43. The number of nitrogens with two attached hydrogens (primary N) is 1. The highest BCUT2D eigenvalue weighted by Crippen LogP contribution is 2.32. The van der Waals surface area contributed by atoms with Gasteiger partial charge in [-0.2, -0.15) is 0 Å². The standard InChI is InChI=1S/C17H27N3/c1-19(2)14-9-11-20(12-10-14)16-8-7-13-5-3-4-6-15(13)17(16)18/h3-6,14,16-17H,7-12,18H2,1-2H3. The number of hydrogen-bond acceptors (Lipinski definition) is 3. The Hall–Kier alpha value is -0.900. The van der Waals surface area contributed by atoms with Gasteiger partial charge in [-0.05, 0) is 64.0 Å². The Bertz CT molecular complexity index is 449. The number of fused-ring (bicyclic) bond motifs is 1. The molecular weight excluding hydrogens is 246 g/mol. The van der Waals surface area contributed by atoms with Crippen molar-refractivity contribution in [3.63, 3.8) is 0 Å². The summed E-state index contributed by atoms with van der Waals surface area (Å²) in [6.07, 6.45) is 4.95. The van der Waals surface area contributed by atoms with Gasteiger partial charge in [-0.25, -0.2) is 0 Å². The van der Waals surface area contributed by atoms with Crippen LogP contribution in [0.3, 0.4) is 0 Å². The zero-order chi connectivity index (χ0) is 14.1. The molecule has 1 aromatic rings. The fourth-order valence-electron chi connectivity index (χ4n) is 3.92. The van der Waals surface area contributed by atoms with E-state index in [9.17, 15) is 0 Å². The molecule has 20 heavy (non-hydrogen) atoms. The first-order valence-corrected chi connectivity index (χ1v) is 7.90. The summed E-state index contributed by atoms with van der Waals surface area (Å²) < 4.78 is 0. The lowest BCUT2D eigenvalue weighted by Crippen LogP contribution is -2.51. The van der Waals surface area contributed by atoms with Crippen LogP contribution >= 0.6 is 0 Å². The van der Waals surface area contributed by atoms with Crippen LogP contribution in [0, 0.1) is 0 Å². The van der Waals surface area contributed by atoms with Crippen LogP contribution in [-0.2, 0) is 6.42 Å². The highest BCUT2D eigenvalue weighted by Gasteiger charge is 2.33. The molecule has 1 fully saturated rings. The minimum absolute atomic E-state index is 0.191. The van der Waals surface area contributed by atoms with Gasteiger partial charge in [0.2, 0.25) is 0 Å². The molecule has 1 aliphatic carbocycles. The van der Waals surface area contributed by atoms with Crippen molar-refractivity contribution in [2.24, 2.45) is 5.73 Å². The summed E-state index contributed by atoms with van der Waals surface area (Å²) in [5.74, 6) is 0. The topological polar surface area (TPSA) is 32.5 Å². The normalized spacial score (nSPS) is 28.6. The molecule has 1 aliphatic heterocycles. The van der Waals surface area contributed by atoms with Crippen molar-refractivity contribution in [1.29, 1.82) is 0 Å². The third-order valence-corrected chi connectivity index (χ3v) is 5.24. The van der Waals surface area contributed by atoms with Crippen molar-refractivity contribution >= 4 is 0 Å². The maximum Gasteiger partial charge on any atom is 0.0455 e. The summed E-state index contributed by atoms with van der Waals surface area (Å²) in [6, 6.07) is 10.2. The second kappa shape index (κ2) is 5.84. The summed E-state index contributed by atoms with van der Waals surface area (Å²) in [7, 11) is 4.39. The Balaban J connectivity index is 1.68. The predicted molar refractivity (Wildman–Crippen MR) is 83.8 cm³/mol. The Morgan fingerprint density at radius 2 is 1.80 bits per heavy atom. The molecule has 3 rings (SSSR count). The average Bonchev–Trinajstić information content (AvgIpc) is 2.48. The van der Waals surface area contributed by atoms with E-state index in [2.05, 4.69) is 48.2 Å². The van der Waals surface area contributed by atoms with E-state index in [0.29, 0.717) is 6.04 Å². The number of likely N-dealkylation sites (tertiary alicyclic amines) is 1. The number of hydrogen-bond donors (Lipinski definition) is 1. The molecule has 1 aromatic carbocycles. The van der Waals surface area contributed by atoms with Gasteiger partial charge >= 0.3 is 0 Å². The molecule has 0 bridgehead atoms. The molecule has 0 spiro atoms. The molecule has 0 saturated carbocycles. The van der Waals surface area contributed by atoms with Crippen LogP contribution in [0.5, 0.6) is 0 Å². The number of piperidine rings is 1. The highest BCUT2D eigenvalue weighted by molar-refractivity contribution is 5.33. The third kappa shape index (κ3) is 2.62. The molecule has 110 valence electrons. The Labute approximate surface area is 122 Å². The summed E-state index contributed by atoms with van der Waals surface area (Å²) in [5, 5.41) is 0. The van der Waals surface area contributed by atoms with Crippen molar-refractivity contribution in [2.75, 3.05) is 27.2 Å². The molecule has 1 saturated heterocycles. The molecule has 0 radical (unpaired) electrons. The number of aryl methyl sites for hydroxylation is 1. The molecule has 0 aromatic heterocycles. The van der Waals surface area contributed by atoms with Crippen LogP contribution in [0.2, 0.25) is 0 Å². The van der Waals surface area contributed by atoms with Gasteiger partial charge in [0, 0.05) is 18.1 Å². The van der Waals surface area contributed by atoms with Crippen molar-refractivity contribution in [1.82, 2.24) is 9.80 Å². The van der Waals surface area contributed by atoms with Crippen molar-refractivity contribution in [2.45, 2.75) is 43.8 Å². The van der Waals surface area contributed by atoms with E-state index in [4.69, 9.17) is 5.73 Å². The van der Waals surface area contributed by atoms with E-state index in [-0.39, 0.29) is 6.04 Å². The van der Waals surface area contributed by atoms with Crippen LogP contribution < -0.4 is 5.73 Å². The van der Waals surface area contributed by atoms with Gasteiger partial charge in [-0.3, -0.25) is 4.90 Å². The van der Waals surface area contributed by atoms with Gasteiger partial charge in [0.25, 0.3) is 0 Å². The average molecular weight is 273 g/mol. The Morgan fingerprint density at radius 3 is 2.50 bits per heavy atom. The van der Waals surface area contributed by atoms with Crippen molar-refractivity contribution < 1.29 is 0 Å². The second-order valence-corrected chi connectivity index (χ2v) is 6.56. The van der Waals surface area contributed by atoms with Gasteiger partial charge in [0.05, 0.1) is 0 Å². The van der Waals surface area contributed by atoms with Gasteiger partial charge in [0.15, 0.2) is 0 Å². The van der Waals surface area contributed by atoms with Crippen LogP contribution in [0.15, 0.2) is 24.3 Å². The smallest absolute Gasteiger partial charge is 0.0455 e. The molecule has 1 heterocycles. The Morgan fingerprint density at radius 1 is 1.10 bits per heavy atom. The third-order valence-electron chi connectivity index (χ3n) is 5.24. The minimum atomic E-state index is 0.191. The quantitative estimate of drug-likeness (QED) is 0.895. The summed E-state index contributed by atoms with van der Waals surface area (Å²) in [4.78, 5) is 5.01. The monoisotopic (exact) mass is 273 g/mol. The van der Waals surface area contributed by atoms with Crippen LogP contribution in [0.4, 0.5) is 0 Å². The molecule has 2 atom stereocenters. The van der Waals surface area contributed by atoms with Crippen molar-refractivity contribution in [3.8, 4) is 0 Å². The van der Waals surface area contributed by atoms with Gasteiger partial charge in [0.1, 0.15) is 0 Å². The number of benzene rings is 1. The van der Waals surface area contributed by atoms with Crippen LogP contribution in [0.25, 0.3) is 0 Å². The fraction of sp³-hybridized carbons (Fsp3) is 0.647. The van der Waals surface area contributed by atoms with Gasteiger partial charge < -0.3 is 10.6 Å². The predicted octanol–water partition coefficient (Wildman–Crippen LogP) is 2.03. The van der Waals surface area contributed by atoms with Crippen LogP contribution in [0.1, 0.15) is 36.4 Å². The van der Waals surface area contributed by atoms with E-state index in [1.54, 1.807) is 0 Å². The summed E-state index contributed by atoms with van der Waals surface area (Å²) in [6.45, 7) is 2.40. The van der Waals surface area contributed by atoms with Crippen LogP contribution in [-0.4, -0.2) is 49.1 Å². The SMILES string of the molecule is CN(C)C1CCN(C2CCc3ccccc3C2N)CC1. The Kier molecular flexibility index (Phi) is 4.11. The molecule has 3 nitrogen and oxygen atoms in total. The lowest BCUT2D eigenvalue weighted by atomic mass is 9.83. The maximum absolute atomic E-state index is 6.56. The van der Waals surface area contributed by atoms with E-state index < -0.39 is 0 Å². The van der Waals surface area contributed by atoms with E-state index in [1.807, 2.05) is 0 Å². The minimum Gasteiger partial charge on any atom is -0.323 e. The van der Waals surface area contributed by atoms with E-state index in [0.717, 1.165) is 6.04 Å². The number of rotatable bonds is 2. The first-order chi connectivity index (χ1) is 9.66. The van der Waals surface area contributed by atoms with Crippen molar-refractivity contribution in [3.05, 3.63) is 35.4 Å². The molecule has 3 heteroatoms. The molecule has 2 unspecified atom stereocenters. The zero-order valence-electron chi connectivity index (χ0n) is 12.8. The van der Waals surface area contributed by atoms with E-state index in [1.165, 1.54) is 49.9 Å². The first kappa shape index (κ1) is 14.1. The molecule has 2 N–H and O–H groups in total. The summed E-state index contributed by atoms with van der Waals surface area (Å²) in [5.41, 5.74) is 9.40. The number of nitrogens with zero attached hydrogens (tertiary/aromatic N) is 2. The summed E-state index contributed by atoms with van der Waals surface area (Å²) >= 11 is 0. The largest absolute Gasteiger partial charge is 0.323 e. The molecular formula is C17H27N3. The molecule has 2 aliphatic rings. The van der Waals surface area contributed by atoms with Gasteiger partial charge in [-0.15, -0.1) is 0 Å². The first-order valence-electron chi connectivity index (χ1n) is 7.90. The second-order valence-electron chi connectivity index (χ2n) is 6.56. The van der Waals surface area contributed by atoms with Gasteiger partial charge in [-0.1, -0.05) is 24.3 Å². The zero-order valence-corrected chi connectivity index (χ0v) is 12.8. The highest BCUT2D eigenvalue weighted by atomic mass is 15.2. The maximum atomic E-state index is 6.56. The lowest BCUT2D eigenvalue weighted by molar-refractivity contribution is 0.0881. The molecule has 0 amide bonds.